The molecule has 1 atom stereocenters. The topological polar surface area (TPSA) is 96.3 Å². The zero-order valence-corrected chi connectivity index (χ0v) is 18.2. The molecule has 0 radical (unpaired) electrons. The van der Waals surface area contributed by atoms with Crippen molar-refractivity contribution in [3.05, 3.63) is 64.6 Å². The number of amidine groups is 1. The molecule has 0 spiro atoms. The summed E-state index contributed by atoms with van der Waals surface area (Å²) < 4.78 is 5.86. The molecule has 1 amide bonds. The van der Waals surface area contributed by atoms with E-state index in [4.69, 9.17) is 4.74 Å². The smallest absolute Gasteiger partial charge is 0.337 e. The van der Waals surface area contributed by atoms with Crippen molar-refractivity contribution in [2.45, 2.75) is 26.4 Å². The number of thioether (sulfide) groups is 1. The van der Waals surface area contributed by atoms with Crippen LogP contribution in [-0.4, -0.2) is 41.1 Å². The van der Waals surface area contributed by atoms with Crippen LogP contribution in [0.5, 0.6) is 5.75 Å². The molecule has 160 valence electrons. The minimum Gasteiger partial charge on any atom is -0.482 e. The van der Waals surface area contributed by atoms with Crippen LogP contribution >= 0.6 is 11.8 Å². The third-order valence-corrected chi connectivity index (χ3v) is 5.75. The zero-order chi connectivity index (χ0) is 22.5. The van der Waals surface area contributed by atoms with Crippen LogP contribution in [0, 0.1) is 0 Å². The number of hydrogen-bond donors (Lipinski definition) is 1. The lowest BCUT2D eigenvalue weighted by molar-refractivity contribution is -0.123. The fourth-order valence-electron chi connectivity index (χ4n) is 3.05. The summed E-state index contributed by atoms with van der Waals surface area (Å²) in [6, 6.07) is 13.7. The fraction of sp³-hybridized carbons (Fsp3) is 0.217. The standard InChI is InChI=1S/C23H22N2O5S/c1-4-18(14(2)26)30-19-12-8-5-9-15(19)13-20-21(27)24-23(31-20)25(3)17-11-7-6-10-16(17)22(28)29/h5-13,18H,4H2,1-3H3,(H,28,29)/b20-13-. The number of amides is 1. The van der Waals surface area contributed by atoms with E-state index in [1.54, 1.807) is 54.4 Å². The normalized spacial score (nSPS) is 15.5. The van der Waals surface area contributed by atoms with E-state index in [-0.39, 0.29) is 11.3 Å². The van der Waals surface area contributed by atoms with Crippen molar-refractivity contribution < 1.29 is 24.2 Å². The van der Waals surface area contributed by atoms with Crippen molar-refractivity contribution in [1.82, 2.24) is 0 Å². The Morgan fingerprint density at radius 1 is 1.19 bits per heavy atom. The summed E-state index contributed by atoms with van der Waals surface area (Å²) in [7, 11) is 1.67. The van der Waals surface area contributed by atoms with Gasteiger partial charge in [0.1, 0.15) is 5.75 Å². The second-order valence-electron chi connectivity index (χ2n) is 6.85. The van der Waals surface area contributed by atoms with E-state index in [9.17, 15) is 19.5 Å². The molecule has 1 N–H and O–H groups in total. The van der Waals surface area contributed by atoms with Crippen LogP contribution in [0.4, 0.5) is 5.69 Å². The summed E-state index contributed by atoms with van der Waals surface area (Å²) >= 11 is 1.15. The molecule has 3 rings (SSSR count). The lowest BCUT2D eigenvalue weighted by atomic mass is 10.1. The number of aliphatic imine (C=N–C) groups is 1. The third-order valence-electron chi connectivity index (χ3n) is 4.69. The van der Waals surface area contributed by atoms with Gasteiger partial charge in [-0.25, -0.2) is 4.79 Å². The lowest BCUT2D eigenvalue weighted by Gasteiger charge is -2.19. The molecule has 31 heavy (non-hydrogen) atoms. The van der Waals surface area contributed by atoms with Crippen molar-refractivity contribution in [3.63, 3.8) is 0 Å². The number of ketones is 1. The summed E-state index contributed by atoms with van der Waals surface area (Å²) in [6.45, 7) is 3.35. The molecule has 0 aromatic heterocycles. The van der Waals surface area contributed by atoms with Gasteiger partial charge in [0.25, 0.3) is 5.91 Å². The molecule has 1 aliphatic heterocycles. The Labute approximate surface area is 184 Å². The molecular formula is C23H22N2O5S. The van der Waals surface area contributed by atoms with Crippen LogP contribution in [0.25, 0.3) is 6.08 Å². The maximum atomic E-state index is 12.5. The number of nitrogens with zero attached hydrogens (tertiary/aromatic N) is 2. The summed E-state index contributed by atoms with van der Waals surface area (Å²) in [5.41, 5.74) is 1.21. The largest absolute Gasteiger partial charge is 0.482 e. The van der Waals surface area contributed by atoms with E-state index in [1.807, 2.05) is 13.0 Å². The number of hydrogen-bond acceptors (Lipinski definition) is 6. The molecule has 0 aliphatic carbocycles. The fourth-order valence-corrected chi connectivity index (χ4v) is 3.93. The van der Waals surface area contributed by atoms with Crippen LogP contribution in [-0.2, 0) is 9.59 Å². The molecule has 0 bridgehead atoms. The minimum atomic E-state index is -1.06. The highest BCUT2D eigenvalue weighted by molar-refractivity contribution is 8.18. The highest BCUT2D eigenvalue weighted by atomic mass is 32.2. The maximum absolute atomic E-state index is 12.5. The number of aromatic carboxylic acids is 1. The van der Waals surface area contributed by atoms with Gasteiger partial charge in [0.05, 0.1) is 16.2 Å². The number of carboxylic acid groups (broad SMARTS) is 1. The predicted molar refractivity (Wildman–Crippen MR) is 122 cm³/mol. The zero-order valence-electron chi connectivity index (χ0n) is 17.4. The van der Waals surface area contributed by atoms with Crippen LogP contribution in [0.2, 0.25) is 0 Å². The van der Waals surface area contributed by atoms with Crippen molar-refractivity contribution in [3.8, 4) is 5.75 Å². The summed E-state index contributed by atoms with van der Waals surface area (Å²) in [5.74, 6) is -1.05. The first-order chi connectivity index (χ1) is 14.8. The molecule has 0 saturated carbocycles. The number of anilines is 1. The molecule has 1 heterocycles. The molecule has 1 unspecified atom stereocenters. The summed E-state index contributed by atoms with van der Waals surface area (Å²) in [5, 5.41) is 9.80. The van der Waals surface area contributed by atoms with Gasteiger partial charge in [-0.1, -0.05) is 37.3 Å². The number of para-hydroxylation sites is 2. The second-order valence-corrected chi connectivity index (χ2v) is 7.86. The van der Waals surface area contributed by atoms with Crippen LogP contribution in [0.15, 0.2) is 58.4 Å². The Morgan fingerprint density at radius 3 is 2.55 bits per heavy atom. The maximum Gasteiger partial charge on any atom is 0.337 e. The number of carbonyl (C=O) groups excluding carboxylic acids is 2. The second kappa shape index (κ2) is 9.61. The lowest BCUT2D eigenvalue weighted by Crippen LogP contribution is -2.24. The Hall–Kier alpha value is -3.39. The van der Waals surface area contributed by atoms with E-state index < -0.39 is 18.0 Å². The van der Waals surface area contributed by atoms with E-state index in [0.29, 0.717) is 33.5 Å². The Kier molecular flexibility index (Phi) is 6.91. The van der Waals surface area contributed by atoms with E-state index in [1.165, 1.54) is 13.0 Å². The molecule has 2 aromatic carbocycles. The van der Waals surface area contributed by atoms with Crippen LogP contribution in [0.3, 0.4) is 0 Å². The molecule has 0 fully saturated rings. The molecule has 8 heteroatoms. The predicted octanol–water partition coefficient (Wildman–Crippen LogP) is 4.24. The van der Waals surface area contributed by atoms with Crippen molar-refractivity contribution >= 4 is 46.4 Å². The molecule has 7 nitrogen and oxygen atoms in total. The Balaban J connectivity index is 1.86. The number of ether oxygens (including phenoxy) is 1. The van der Waals surface area contributed by atoms with Gasteiger partial charge < -0.3 is 14.7 Å². The van der Waals surface area contributed by atoms with E-state index >= 15 is 0 Å². The number of carbonyl (C=O) groups is 3. The van der Waals surface area contributed by atoms with Gasteiger partial charge in [-0.15, -0.1) is 0 Å². The first-order valence-electron chi connectivity index (χ1n) is 9.66. The first kappa shape index (κ1) is 22.3. The highest BCUT2D eigenvalue weighted by Crippen LogP contribution is 2.34. The average Bonchev–Trinajstić information content (AvgIpc) is 3.12. The number of carboxylic acids is 1. The first-order valence-corrected chi connectivity index (χ1v) is 10.5. The van der Waals surface area contributed by atoms with Gasteiger partial charge in [0.15, 0.2) is 17.1 Å². The highest BCUT2D eigenvalue weighted by Gasteiger charge is 2.27. The minimum absolute atomic E-state index is 0.0689. The van der Waals surface area contributed by atoms with Gasteiger partial charge in [0.2, 0.25) is 0 Å². The quantitative estimate of drug-likeness (QED) is 0.646. The number of Topliss-reactive ketones (excluding diaryl/α,β-unsaturated/α-hetero) is 1. The van der Waals surface area contributed by atoms with Crippen molar-refractivity contribution in [1.29, 1.82) is 0 Å². The number of benzene rings is 2. The molecule has 1 aliphatic rings. The van der Waals surface area contributed by atoms with Gasteiger partial charge in [-0.05, 0) is 49.4 Å². The van der Waals surface area contributed by atoms with E-state index in [2.05, 4.69) is 4.99 Å². The van der Waals surface area contributed by atoms with Crippen molar-refractivity contribution in [2.24, 2.45) is 4.99 Å². The van der Waals surface area contributed by atoms with E-state index in [0.717, 1.165) is 11.8 Å². The Bertz CT molecular complexity index is 1090. The third kappa shape index (κ3) is 5.03. The average molecular weight is 439 g/mol. The van der Waals surface area contributed by atoms with Crippen LogP contribution < -0.4 is 9.64 Å². The van der Waals surface area contributed by atoms with Crippen LogP contribution in [0.1, 0.15) is 36.2 Å². The molecule has 2 aromatic rings. The van der Waals surface area contributed by atoms with Gasteiger partial charge >= 0.3 is 5.97 Å². The van der Waals surface area contributed by atoms with Gasteiger partial charge in [0, 0.05) is 12.6 Å². The molecule has 0 saturated heterocycles. The molecular weight excluding hydrogens is 416 g/mol. The SMILES string of the molecule is CCC(Oc1ccccc1/C=C1\SC(N(C)c2ccccc2C(=O)O)=NC1=O)C(C)=O. The van der Waals surface area contributed by atoms with Gasteiger partial charge in [-0.2, -0.15) is 4.99 Å². The monoisotopic (exact) mass is 438 g/mol. The number of rotatable bonds is 7. The summed E-state index contributed by atoms with van der Waals surface area (Å²) in [6.07, 6.45) is 1.65. The summed E-state index contributed by atoms with van der Waals surface area (Å²) in [4.78, 5) is 41.8. The van der Waals surface area contributed by atoms with Gasteiger partial charge in [-0.3, -0.25) is 9.59 Å². The van der Waals surface area contributed by atoms with Crippen molar-refractivity contribution in [2.75, 3.05) is 11.9 Å². The Morgan fingerprint density at radius 2 is 1.87 bits per heavy atom.